The zero-order valence-corrected chi connectivity index (χ0v) is 12.1. The average Bonchev–Trinajstić information content (AvgIpc) is 2.82. The van der Waals surface area contributed by atoms with E-state index in [1.54, 1.807) is 18.5 Å². The first-order valence-corrected chi connectivity index (χ1v) is 6.87. The summed E-state index contributed by atoms with van der Waals surface area (Å²) in [6, 6.07) is 11.9. The third kappa shape index (κ3) is 2.76. The van der Waals surface area contributed by atoms with Gasteiger partial charge in [-0.2, -0.15) is 5.10 Å². The summed E-state index contributed by atoms with van der Waals surface area (Å²) < 4.78 is 1.97. The Kier molecular flexibility index (Phi) is 3.64. The molecule has 5 nitrogen and oxygen atoms in total. The lowest BCUT2D eigenvalue weighted by Gasteiger charge is -2.06. The van der Waals surface area contributed by atoms with E-state index in [1.807, 2.05) is 29.8 Å². The Morgan fingerprint density at radius 1 is 1.00 bits per heavy atom. The lowest BCUT2D eigenvalue weighted by molar-refractivity contribution is 0.832. The lowest BCUT2D eigenvalue weighted by Crippen LogP contribution is -2.05. The van der Waals surface area contributed by atoms with Gasteiger partial charge in [0, 0.05) is 30.2 Å². The summed E-state index contributed by atoms with van der Waals surface area (Å²) in [5, 5.41) is 7.86. The maximum atomic E-state index is 4.63. The molecular weight excluding hydrogens is 262 g/mol. The minimum Gasteiger partial charge on any atom is -0.350 e. The average molecular weight is 279 g/mol. The van der Waals surface area contributed by atoms with Crippen LogP contribution in [0.2, 0.25) is 0 Å². The number of nitrogens with zero attached hydrogens (tertiary/aromatic N) is 4. The van der Waals surface area contributed by atoms with Crippen LogP contribution in [0, 0.1) is 13.8 Å². The van der Waals surface area contributed by atoms with E-state index in [1.165, 1.54) is 5.56 Å². The molecule has 1 N–H and O–H groups in total. The number of hydrogen-bond acceptors (Lipinski definition) is 4. The molecule has 3 aromatic rings. The predicted molar refractivity (Wildman–Crippen MR) is 82.4 cm³/mol. The molecule has 0 atom stereocenters. The quantitative estimate of drug-likeness (QED) is 0.798. The summed E-state index contributed by atoms with van der Waals surface area (Å²) in [6.07, 6.45) is 3.45. The Morgan fingerprint density at radius 3 is 2.43 bits per heavy atom. The molecular formula is C16H17N5. The van der Waals surface area contributed by atoms with Crippen molar-refractivity contribution < 1.29 is 0 Å². The van der Waals surface area contributed by atoms with Gasteiger partial charge < -0.3 is 5.32 Å². The normalized spacial score (nSPS) is 10.6. The predicted octanol–water partition coefficient (Wildman–Crippen LogP) is 2.89. The van der Waals surface area contributed by atoms with E-state index in [9.17, 15) is 0 Å². The van der Waals surface area contributed by atoms with Crippen molar-refractivity contribution in [3.8, 4) is 5.69 Å². The first kappa shape index (κ1) is 13.3. The summed E-state index contributed by atoms with van der Waals surface area (Å²) in [4.78, 5) is 8.34. The lowest BCUT2D eigenvalue weighted by atomic mass is 10.2. The minimum atomic E-state index is 0.628. The largest absolute Gasteiger partial charge is 0.350 e. The highest BCUT2D eigenvalue weighted by Crippen LogP contribution is 2.18. The summed E-state index contributed by atoms with van der Waals surface area (Å²) in [5.74, 6) is 0.628. The third-order valence-corrected chi connectivity index (χ3v) is 3.43. The van der Waals surface area contributed by atoms with Gasteiger partial charge in [-0.3, -0.25) is 0 Å². The number of nitrogens with one attached hydrogen (secondary N) is 1. The van der Waals surface area contributed by atoms with Crippen LogP contribution in [0.4, 0.5) is 5.95 Å². The highest BCUT2D eigenvalue weighted by molar-refractivity contribution is 5.38. The molecule has 1 aromatic carbocycles. The fourth-order valence-corrected chi connectivity index (χ4v) is 2.31. The Labute approximate surface area is 123 Å². The summed E-state index contributed by atoms with van der Waals surface area (Å²) >= 11 is 0. The van der Waals surface area contributed by atoms with Gasteiger partial charge in [0.05, 0.1) is 11.4 Å². The number of benzene rings is 1. The molecule has 0 unspecified atom stereocenters. The van der Waals surface area contributed by atoms with Crippen LogP contribution in [-0.2, 0) is 6.54 Å². The van der Waals surface area contributed by atoms with Crippen molar-refractivity contribution >= 4 is 5.95 Å². The fraction of sp³-hybridized carbons (Fsp3) is 0.188. The van der Waals surface area contributed by atoms with Crippen LogP contribution in [0.5, 0.6) is 0 Å². The molecule has 0 radical (unpaired) electrons. The van der Waals surface area contributed by atoms with Crippen LogP contribution in [0.3, 0.4) is 0 Å². The molecule has 0 fully saturated rings. The van der Waals surface area contributed by atoms with Crippen LogP contribution in [-0.4, -0.2) is 19.7 Å². The first-order chi connectivity index (χ1) is 10.3. The van der Waals surface area contributed by atoms with E-state index in [0.717, 1.165) is 17.1 Å². The molecule has 0 spiro atoms. The van der Waals surface area contributed by atoms with Crippen LogP contribution >= 0.6 is 0 Å². The molecule has 106 valence electrons. The van der Waals surface area contributed by atoms with E-state index in [0.29, 0.717) is 12.5 Å². The van der Waals surface area contributed by atoms with Crippen molar-refractivity contribution in [3.63, 3.8) is 0 Å². The van der Waals surface area contributed by atoms with Crippen LogP contribution < -0.4 is 5.32 Å². The van der Waals surface area contributed by atoms with Gasteiger partial charge in [0.1, 0.15) is 0 Å². The molecule has 0 bridgehead atoms. The summed E-state index contributed by atoms with van der Waals surface area (Å²) in [7, 11) is 0. The van der Waals surface area contributed by atoms with Gasteiger partial charge in [0.15, 0.2) is 0 Å². The van der Waals surface area contributed by atoms with Crippen molar-refractivity contribution in [1.82, 2.24) is 19.7 Å². The molecule has 2 heterocycles. The van der Waals surface area contributed by atoms with Gasteiger partial charge >= 0.3 is 0 Å². The van der Waals surface area contributed by atoms with Crippen molar-refractivity contribution in [3.05, 3.63) is 65.7 Å². The molecule has 0 saturated heterocycles. The molecule has 5 heteroatoms. The van der Waals surface area contributed by atoms with Crippen molar-refractivity contribution in [2.75, 3.05) is 5.32 Å². The highest BCUT2D eigenvalue weighted by Gasteiger charge is 2.12. The Hall–Kier alpha value is -2.69. The SMILES string of the molecule is Cc1nn(-c2ccccc2)c(C)c1CNc1ncccn1. The first-order valence-electron chi connectivity index (χ1n) is 6.87. The second kappa shape index (κ2) is 5.75. The number of hydrogen-bond donors (Lipinski definition) is 1. The monoisotopic (exact) mass is 279 g/mol. The molecule has 21 heavy (non-hydrogen) atoms. The topological polar surface area (TPSA) is 55.6 Å². The maximum Gasteiger partial charge on any atom is 0.222 e. The molecule has 0 saturated carbocycles. The van der Waals surface area contributed by atoms with E-state index in [2.05, 4.69) is 39.4 Å². The van der Waals surface area contributed by atoms with Gasteiger partial charge in [-0.15, -0.1) is 0 Å². The number of aromatic nitrogens is 4. The van der Waals surface area contributed by atoms with E-state index in [-0.39, 0.29) is 0 Å². The van der Waals surface area contributed by atoms with Crippen LogP contribution in [0.15, 0.2) is 48.8 Å². The number of aryl methyl sites for hydroxylation is 1. The Balaban J connectivity index is 1.85. The second-order valence-electron chi connectivity index (χ2n) is 4.82. The van der Waals surface area contributed by atoms with Crippen LogP contribution in [0.1, 0.15) is 17.0 Å². The number of anilines is 1. The number of para-hydroxylation sites is 1. The van der Waals surface area contributed by atoms with Gasteiger partial charge in [0.2, 0.25) is 5.95 Å². The molecule has 0 aliphatic heterocycles. The fourth-order valence-electron chi connectivity index (χ4n) is 2.31. The van der Waals surface area contributed by atoms with Gasteiger partial charge in [0.25, 0.3) is 0 Å². The zero-order chi connectivity index (χ0) is 14.7. The van der Waals surface area contributed by atoms with Gasteiger partial charge in [-0.1, -0.05) is 18.2 Å². The summed E-state index contributed by atoms with van der Waals surface area (Å²) in [6.45, 7) is 4.76. The molecule has 0 amide bonds. The van der Waals surface area contributed by atoms with Crippen molar-refractivity contribution in [2.24, 2.45) is 0 Å². The van der Waals surface area contributed by atoms with E-state index < -0.39 is 0 Å². The Morgan fingerprint density at radius 2 is 1.71 bits per heavy atom. The highest BCUT2D eigenvalue weighted by atomic mass is 15.3. The van der Waals surface area contributed by atoms with Gasteiger partial charge in [-0.05, 0) is 32.0 Å². The molecule has 3 rings (SSSR count). The molecule has 0 aliphatic carbocycles. The standard InChI is InChI=1S/C16H17N5/c1-12-15(11-19-16-17-9-6-10-18-16)13(2)21(20-12)14-7-4-3-5-8-14/h3-10H,11H2,1-2H3,(H,17,18,19). The van der Waals surface area contributed by atoms with Crippen molar-refractivity contribution in [2.45, 2.75) is 20.4 Å². The molecule has 0 aliphatic rings. The minimum absolute atomic E-state index is 0.628. The number of rotatable bonds is 4. The second-order valence-corrected chi connectivity index (χ2v) is 4.82. The smallest absolute Gasteiger partial charge is 0.222 e. The summed E-state index contributed by atoms with van der Waals surface area (Å²) in [5.41, 5.74) is 4.38. The molecule has 2 aromatic heterocycles. The van der Waals surface area contributed by atoms with E-state index in [4.69, 9.17) is 0 Å². The third-order valence-electron chi connectivity index (χ3n) is 3.43. The Bertz CT molecular complexity index is 719. The zero-order valence-electron chi connectivity index (χ0n) is 12.1. The van der Waals surface area contributed by atoms with Crippen LogP contribution in [0.25, 0.3) is 5.69 Å². The maximum absolute atomic E-state index is 4.63. The van der Waals surface area contributed by atoms with E-state index >= 15 is 0 Å². The van der Waals surface area contributed by atoms with Gasteiger partial charge in [-0.25, -0.2) is 14.6 Å². The van der Waals surface area contributed by atoms with Crippen molar-refractivity contribution in [1.29, 1.82) is 0 Å².